The predicted octanol–water partition coefficient (Wildman–Crippen LogP) is 2.71. The van der Waals surface area contributed by atoms with Crippen LogP contribution in [0.4, 0.5) is 0 Å². The molecule has 1 aliphatic rings. The molecule has 0 aromatic carbocycles. The Morgan fingerprint density at radius 1 is 1.67 bits per heavy atom. The lowest BCUT2D eigenvalue weighted by Gasteiger charge is -2.01. The van der Waals surface area contributed by atoms with Gasteiger partial charge < -0.3 is 0 Å². The van der Waals surface area contributed by atoms with Gasteiger partial charge in [-0.3, -0.25) is 4.79 Å². The Labute approximate surface area is 77.2 Å². The summed E-state index contributed by atoms with van der Waals surface area (Å²) in [5.74, 6) is 0.269. The summed E-state index contributed by atoms with van der Waals surface area (Å²) in [7, 11) is 0. The molecule has 1 nitrogen and oxygen atoms in total. The Morgan fingerprint density at radius 3 is 3.08 bits per heavy atom. The van der Waals surface area contributed by atoms with E-state index in [0.29, 0.717) is 12.8 Å². The van der Waals surface area contributed by atoms with Crippen LogP contribution in [-0.4, -0.2) is 12.0 Å². The third-order valence-corrected chi connectivity index (χ3v) is 2.24. The Balaban J connectivity index is 2.84. The summed E-state index contributed by atoms with van der Waals surface area (Å²) in [4.78, 5) is 11.2. The van der Waals surface area contributed by atoms with E-state index in [-0.39, 0.29) is 5.78 Å². The van der Waals surface area contributed by atoms with Gasteiger partial charge >= 0.3 is 0 Å². The summed E-state index contributed by atoms with van der Waals surface area (Å²) in [6.45, 7) is 3.89. The van der Waals surface area contributed by atoms with E-state index in [1.54, 1.807) is 11.8 Å². The molecule has 0 amide bonds. The van der Waals surface area contributed by atoms with E-state index in [2.05, 4.69) is 6.58 Å². The molecule has 0 saturated heterocycles. The van der Waals surface area contributed by atoms with Crippen LogP contribution in [-0.2, 0) is 4.79 Å². The highest BCUT2D eigenvalue weighted by Crippen LogP contribution is 2.21. The minimum Gasteiger partial charge on any atom is -0.299 e. The van der Waals surface area contributed by atoms with E-state index >= 15 is 0 Å². The molecule has 0 spiro atoms. The zero-order valence-corrected chi connectivity index (χ0v) is 7.99. The normalized spacial score (nSPS) is 21.6. The summed E-state index contributed by atoms with van der Waals surface area (Å²) in [5.41, 5.74) is 2.02. The molecule has 0 saturated carbocycles. The van der Waals surface area contributed by atoms with Gasteiger partial charge in [0.1, 0.15) is 5.78 Å². The average Bonchev–Trinajstić information content (AvgIpc) is 2.16. The summed E-state index contributed by atoms with van der Waals surface area (Å²) >= 11 is 1.61. The Hall–Kier alpha value is -0.760. The smallest absolute Gasteiger partial charge is 0.141 e. The zero-order valence-electron chi connectivity index (χ0n) is 7.17. The van der Waals surface area contributed by atoms with Crippen molar-refractivity contribution < 1.29 is 4.79 Å². The molecule has 1 aliphatic carbocycles. The highest BCUT2D eigenvalue weighted by molar-refractivity contribution is 8.01. The van der Waals surface area contributed by atoms with Crippen molar-refractivity contribution in [3.8, 4) is 0 Å². The van der Waals surface area contributed by atoms with Crippen LogP contribution >= 0.6 is 11.8 Å². The lowest BCUT2D eigenvalue weighted by molar-refractivity contribution is -0.117. The standard InChI is InChI=1S/C10H12OS/c1-8-4-3-5-10(11)6-9(8)7-12-2/h3-4,7H,1,5-6H2,2H3/b9-7-. The fraction of sp³-hybridized carbons (Fsp3) is 0.300. The molecular formula is C10H12OS. The fourth-order valence-electron chi connectivity index (χ4n) is 1.10. The summed E-state index contributed by atoms with van der Waals surface area (Å²) in [5, 5.41) is 2.00. The van der Waals surface area contributed by atoms with Crippen LogP contribution in [0.5, 0.6) is 0 Å². The van der Waals surface area contributed by atoms with Crippen molar-refractivity contribution in [1.29, 1.82) is 0 Å². The molecule has 0 aromatic heterocycles. The van der Waals surface area contributed by atoms with Crippen LogP contribution in [0.3, 0.4) is 0 Å². The number of carbonyl (C=O) groups excluding carboxylic acids is 1. The number of thioether (sulfide) groups is 1. The first-order valence-electron chi connectivity index (χ1n) is 3.83. The summed E-state index contributed by atoms with van der Waals surface area (Å²) in [6.07, 6.45) is 6.87. The van der Waals surface area contributed by atoms with Gasteiger partial charge in [0, 0.05) is 12.8 Å². The molecule has 0 unspecified atom stereocenters. The number of hydrogen-bond donors (Lipinski definition) is 0. The lowest BCUT2D eigenvalue weighted by atomic mass is 10.1. The number of ketones is 1. The van der Waals surface area contributed by atoms with Crippen molar-refractivity contribution in [1.82, 2.24) is 0 Å². The molecule has 0 heterocycles. The van der Waals surface area contributed by atoms with Crippen LogP contribution in [0.15, 0.2) is 35.3 Å². The topological polar surface area (TPSA) is 17.1 Å². The molecule has 2 heteroatoms. The Bertz CT molecular complexity index is 261. The molecule has 0 aliphatic heterocycles. The molecule has 1 rings (SSSR count). The maximum absolute atomic E-state index is 11.2. The minimum atomic E-state index is 0.269. The fourth-order valence-corrected chi connectivity index (χ4v) is 1.62. The maximum Gasteiger partial charge on any atom is 0.141 e. The second kappa shape index (κ2) is 4.31. The van der Waals surface area contributed by atoms with Gasteiger partial charge in [-0.1, -0.05) is 18.7 Å². The monoisotopic (exact) mass is 180 g/mol. The predicted molar refractivity (Wildman–Crippen MR) is 54.1 cm³/mol. The third-order valence-electron chi connectivity index (χ3n) is 1.72. The maximum atomic E-state index is 11.2. The highest BCUT2D eigenvalue weighted by atomic mass is 32.2. The van der Waals surface area contributed by atoms with Gasteiger partial charge in [-0.15, -0.1) is 11.8 Å². The molecule has 0 radical (unpaired) electrons. The van der Waals surface area contributed by atoms with Crippen LogP contribution in [0, 0.1) is 0 Å². The van der Waals surface area contributed by atoms with Crippen molar-refractivity contribution in [2.75, 3.05) is 6.26 Å². The molecule has 0 bridgehead atoms. The van der Waals surface area contributed by atoms with Crippen LogP contribution in [0.25, 0.3) is 0 Å². The largest absolute Gasteiger partial charge is 0.299 e. The van der Waals surface area contributed by atoms with Crippen LogP contribution < -0.4 is 0 Å². The number of carbonyl (C=O) groups is 1. The molecule has 0 fully saturated rings. The number of hydrogen-bond acceptors (Lipinski definition) is 2. The number of Topliss-reactive ketones (excluding diaryl/α,β-unsaturated/α-hetero) is 1. The minimum absolute atomic E-state index is 0.269. The molecule has 0 aromatic rings. The number of rotatable bonds is 1. The zero-order chi connectivity index (χ0) is 8.97. The molecule has 0 N–H and O–H groups in total. The molecule has 0 atom stereocenters. The van der Waals surface area contributed by atoms with Crippen LogP contribution in [0.2, 0.25) is 0 Å². The third kappa shape index (κ3) is 2.38. The van der Waals surface area contributed by atoms with Crippen molar-refractivity contribution in [2.24, 2.45) is 0 Å². The highest BCUT2D eigenvalue weighted by Gasteiger charge is 2.09. The first kappa shape index (κ1) is 9.33. The van der Waals surface area contributed by atoms with Crippen molar-refractivity contribution in [3.63, 3.8) is 0 Å². The van der Waals surface area contributed by atoms with E-state index in [4.69, 9.17) is 0 Å². The quantitative estimate of drug-likeness (QED) is 0.617. The van der Waals surface area contributed by atoms with E-state index < -0.39 is 0 Å². The van der Waals surface area contributed by atoms with Gasteiger partial charge in [0.05, 0.1) is 0 Å². The van der Waals surface area contributed by atoms with Crippen LogP contribution in [0.1, 0.15) is 12.8 Å². The summed E-state index contributed by atoms with van der Waals surface area (Å²) in [6, 6.07) is 0. The number of allylic oxidation sites excluding steroid dienone is 4. The Morgan fingerprint density at radius 2 is 2.42 bits per heavy atom. The van der Waals surface area contributed by atoms with Gasteiger partial charge in [0.25, 0.3) is 0 Å². The first-order chi connectivity index (χ1) is 5.74. The van der Waals surface area contributed by atoms with Crippen molar-refractivity contribution in [3.05, 3.63) is 35.3 Å². The van der Waals surface area contributed by atoms with E-state index in [0.717, 1.165) is 11.1 Å². The molecule has 64 valence electrons. The van der Waals surface area contributed by atoms with Gasteiger partial charge in [-0.2, -0.15) is 0 Å². The van der Waals surface area contributed by atoms with E-state index in [1.165, 1.54) is 0 Å². The second-order valence-electron chi connectivity index (χ2n) is 2.73. The lowest BCUT2D eigenvalue weighted by Crippen LogP contribution is -1.95. The molecule has 12 heavy (non-hydrogen) atoms. The van der Waals surface area contributed by atoms with Gasteiger partial charge in [0.2, 0.25) is 0 Å². The van der Waals surface area contributed by atoms with Gasteiger partial charge in [0.15, 0.2) is 0 Å². The van der Waals surface area contributed by atoms with E-state index in [1.807, 2.05) is 23.8 Å². The SMILES string of the molecule is C=C1C=CCC(=O)C/C1=C/SC. The van der Waals surface area contributed by atoms with Crippen molar-refractivity contribution in [2.45, 2.75) is 12.8 Å². The summed E-state index contributed by atoms with van der Waals surface area (Å²) < 4.78 is 0. The first-order valence-corrected chi connectivity index (χ1v) is 5.12. The van der Waals surface area contributed by atoms with E-state index in [9.17, 15) is 4.79 Å². The van der Waals surface area contributed by atoms with Gasteiger partial charge in [-0.05, 0) is 22.8 Å². The van der Waals surface area contributed by atoms with Gasteiger partial charge in [-0.25, -0.2) is 0 Å². The van der Waals surface area contributed by atoms with Crippen molar-refractivity contribution >= 4 is 17.5 Å². The average molecular weight is 180 g/mol. The molecular weight excluding hydrogens is 168 g/mol. The second-order valence-corrected chi connectivity index (χ2v) is 3.43. The Kier molecular flexibility index (Phi) is 3.35.